The predicted octanol–water partition coefficient (Wildman–Crippen LogP) is 1.43. The molecule has 3 nitrogen and oxygen atoms in total. The Labute approximate surface area is 87.2 Å². The highest BCUT2D eigenvalue weighted by Crippen LogP contribution is 2.23. The summed E-state index contributed by atoms with van der Waals surface area (Å²) >= 11 is 0. The second-order valence-electron chi connectivity index (χ2n) is 5.06. The molecule has 0 aromatic rings. The molecule has 3 heteroatoms. The van der Waals surface area contributed by atoms with Crippen molar-refractivity contribution in [2.45, 2.75) is 39.3 Å². The van der Waals surface area contributed by atoms with Crippen molar-refractivity contribution in [1.82, 2.24) is 5.32 Å². The van der Waals surface area contributed by atoms with Gasteiger partial charge in [-0.2, -0.15) is 0 Å². The highest BCUT2D eigenvalue weighted by molar-refractivity contribution is 4.83. The Morgan fingerprint density at radius 1 is 1.43 bits per heavy atom. The monoisotopic (exact) mass is 201 g/mol. The van der Waals surface area contributed by atoms with E-state index in [0.717, 1.165) is 19.6 Å². The molecule has 1 aliphatic rings. The highest BCUT2D eigenvalue weighted by Gasteiger charge is 2.27. The predicted molar refractivity (Wildman–Crippen MR) is 57.5 cm³/mol. The Balaban J connectivity index is 2.41. The maximum absolute atomic E-state index is 5.68. The van der Waals surface area contributed by atoms with Gasteiger partial charge in [-0.3, -0.25) is 0 Å². The molecule has 2 atom stereocenters. The third-order valence-electron chi connectivity index (χ3n) is 2.75. The molecule has 0 aliphatic carbocycles. The molecule has 0 aromatic heterocycles. The minimum absolute atomic E-state index is 0.215. The van der Waals surface area contributed by atoms with E-state index >= 15 is 0 Å². The van der Waals surface area contributed by atoms with Crippen LogP contribution < -0.4 is 5.32 Å². The Morgan fingerprint density at radius 3 is 2.71 bits per heavy atom. The third-order valence-corrected chi connectivity index (χ3v) is 2.75. The van der Waals surface area contributed by atoms with Crippen molar-refractivity contribution in [3.8, 4) is 0 Å². The first kappa shape index (κ1) is 12.0. The van der Waals surface area contributed by atoms with Gasteiger partial charge in [0.1, 0.15) is 0 Å². The van der Waals surface area contributed by atoms with Crippen LogP contribution in [-0.2, 0) is 9.47 Å². The van der Waals surface area contributed by atoms with E-state index in [0.29, 0.717) is 18.1 Å². The van der Waals surface area contributed by atoms with Crippen molar-refractivity contribution in [1.29, 1.82) is 0 Å². The molecule has 2 unspecified atom stereocenters. The summed E-state index contributed by atoms with van der Waals surface area (Å²) < 4.78 is 10.8. The second-order valence-corrected chi connectivity index (χ2v) is 5.06. The van der Waals surface area contributed by atoms with E-state index in [1.165, 1.54) is 0 Å². The number of hydrogen-bond acceptors (Lipinski definition) is 3. The SMILES string of the molecule is COCC1CNC(C(C)(C)C)CCO1. The lowest BCUT2D eigenvalue weighted by atomic mass is 9.85. The van der Waals surface area contributed by atoms with E-state index in [1.807, 2.05) is 0 Å². The van der Waals surface area contributed by atoms with Crippen LogP contribution in [0.3, 0.4) is 0 Å². The van der Waals surface area contributed by atoms with Crippen molar-refractivity contribution in [2.75, 3.05) is 26.9 Å². The normalized spacial score (nSPS) is 30.0. The lowest BCUT2D eigenvalue weighted by molar-refractivity contribution is 0.00844. The lowest BCUT2D eigenvalue weighted by Crippen LogP contribution is -2.42. The van der Waals surface area contributed by atoms with E-state index in [1.54, 1.807) is 7.11 Å². The van der Waals surface area contributed by atoms with Crippen molar-refractivity contribution in [3.63, 3.8) is 0 Å². The fraction of sp³-hybridized carbons (Fsp3) is 1.00. The van der Waals surface area contributed by atoms with E-state index < -0.39 is 0 Å². The highest BCUT2D eigenvalue weighted by atomic mass is 16.5. The van der Waals surface area contributed by atoms with Crippen molar-refractivity contribution < 1.29 is 9.47 Å². The van der Waals surface area contributed by atoms with E-state index in [4.69, 9.17) is 9.47 Å². The molecule has 0 bridgehead atoms. The van der Waals surface area contributed by atoms with Gasteiger partial charge in [0.25, 0.3) is 0 Å². The summed E-state index contributed by atoms with van der Waals surface area (Å²) in [6.45, 7) is 9.21. The van der Waals surface area contributed by atoms with Crippen LogP contribution in [0.4, 0.5) is 0 Å². The maximum atomic E-state index is 5.68. The van der Waals surface area contributed by atoms with Gasteiger partial charge in [0.2, 0.25) is 0 Å². The summed E-state index contributed by atoms with van der Waals surface area (Å²) in [4.78, 5) is 0. The Morgan fingerprint density at radius 2 is 2.14 bits per heavy atom. The molecule has 1 N–H and O–H groups in total. The molecule has 84 valence electrons. The Hall–Kier alpha value is -0.120. The Kier molecular flexibility index (Phi) is 4.35. The minimum atomic E-state index is 0.215. The summed E-state index contributed by atoms with van der Waals surface area (Å²) in [5.74, 6) is 0. The van der Waals surface area contributed by atoms with Gasteiger partial charge in [0.05, 0.1) is 12.7 Å². The molecule has 14 heavy (non-hydrogen) atoms. The molecule has 1 rings (SSSR count). The molecule has 1 fully saturated rings. The van der Waals surface area contributed by atoms with Gasteiger partial charge >= 0.3 is 0 Å². The van der Waals surface area contributed by atoms with Crippen LogP contribution in [0.1, 0.15) is 27.2 Å². The average Bonchev–Trinajstić information content (AvgIpc) is 2.29. The van der Waals surface area contributed by atoms with Crippen LogP contribution in [-0.4, -0.2) is 39.0 Å². The maximum Gasteiger partial charge on any atom is 0.0932 e. The minimum Gasteiger partial charge on any atom is -0.382 e. The van der Waals surface area contributed by atoms with Crippen LogP contribution >= 0.6 is 0 Å². The molecule has 0 amide bonds. The van der Waals surface area contributed by atoms with Gasteiger partial charge in [-0.05, 0) is 11.8 Å². The average molecular weight is 201 g/mol. The molecule has 1 heterocycles. The number of rotatable bonds is 2. The van der Waals surface area contributed by atoms with Gasteiger partial charge in [-0.25, -0.2) is 0 Å². The molecule has 0 aromatic carbocycles. The van der Waals surface area contributed by atoms with E-state index in [-0.39, 0.29) is 6.10 Å². The van der Waals surface area contributed by atoms with E-state index in [9.17, 15) is 0 Å². The van der Waals surface area contributed by atoms with Gasteiger partial charge in [0.15, 0.2) is 0 Å². The third kappa shape index (κ3) is 3.56. The fourth-order valence-electron chi connectivity index (χ4n) is 1.82. The largest absolute Gasteiger partial charge is 0.382 e. The number of nitrogens with one attached hydrogen (secondary N) is 1. The summed E-state index contributed by atoms with van der Waals surface area (Å²) in [5.41, 5.74) is 0.311. The van der Waals surface area contributed by atoms with Crippen LogP contribution in [0, 0.1) is 5.41 Å². The van der Waals surface area contributed by atoms with Gasteiger partial charge in [0, 0.05) is 26.3 Å². The molecule has 1 aliphatic heterocycles. The van der Waals surface area contributed by atoms with Gasteiger partial charge in [-0.1, -0.05) is 20.8 Å². The summed E-state index contributed by atoms with van der Waals surface area (Å²) in [6.07, 6.45) is 1.30. The zero-order valence-corrected chi connectivity index (χ0v) is 9.80. The van der Waals surface area contributed by atoms with Gasteiger partial charge in [-0.15, -0.1) is 0 Å². The zero-order valence-electron chi connectivity index (χ0n) is 9.80. The van der Waals surface area contributed by atoms with Crippen molar-refractivity contribution in [2.24, 2.45) is 5.41 Å². The number of hydrogen-bond donors (Lipinski definition) is 1. The lowest BCUT2D eigenvalue weighted by Gasteiger charge is -2.30. The fourth-order valence-corrected chi connectivity index (χ4v) is 1.82. The van der Waals surface area contributed by atoms with Crippen LogP contribution in [0.2, 0.25) is 0 Å². The Bertz CT molecular complexity index is 165. The number of methoxy groups -OCH3 is 1. The topological polar surface area (TPSA) is 30.5 Å². The summed E-state index contributed by atoms with van der Waals surface area (Å²) in [6, 6.07) is 0.546. The first-order valence-corrected chi connectivity index (χ1v) is 5.38. The number of ether oxygens (including phenoxy) is 2. The van der Waals surface area contributed by atoms with Crippen LogP contribution in [0.5, 0.6) is 0 Å². The first-order chi connectivity index (χ1) is 6.54. The quantitative estimate of drug-likeness (QED) is 0.733. The first-order valence-electron chi connectivity index (χ1n) is 5.38. The molecule has 1 saturated heterocycles. The van der Waals surface area contributed by atoms with Crippen molar-refractivity contribution >= 4 is 0 Å². The molecule has 0 saturated carbocycles. The molecule has 0 spiro atoms. The summed E-state index contributed by atoms with van der Waals surface area (Å²) in [5, 5.41) is 3.55. The smallest absolute Gasteiger partial charge is 0.0932 e. The molecular weight excluding hydrogens is 178 g/mol. The van der Waals surface area contributed by atoms with Gasteiger partial charge < -0.3 is 14.8 Å². The zero-order chi connectivity index (χ0) is 10.6. The van der Waals surface area contributed by atoms with E-state index in [2.05, 4.69) is 26.1 Å². The standard InChI is InChI=1S/C11H23NO2/c1-11(2,3)10-5-6-14-9(7-12-10)8-13-4/h9-10,12H,5-8H2,1-4H3. The van der Waals surface area contributed by atoms with Crippen LogP contribution in [0.25, 0.3) is 0 Å². The molecular formula is C11H23NO2. The van der Waals surface area contributed by atoms with Crippen molar-refractivity contribution in [3.05, 3.63) is 0 Å². The molecule has 0 radical (unpaired) electrons. The summed E-state index contributed by atoms with van der Waals surface area (Å²) in [7, 11) is 1.72. The second kappa shape index (κ2) is 5.10. The van der Waals surface area contributed by atoms with Crippen LogP contribution in [0.15, 0.2) is 0 Å².